The molecule has 0 unspecified atom stereocenters. The first-order valence-corrected chi connectivity index (χ1v) is 6.04. The van der Waals surface area contributed by atoms with E-state index < -0.39 is 0 Å². The first kappa shape index (κ1) is 10.4. The molecular weight excluding hydrogens is 278 g/mol. The van der Waals surface area contributed by atoms with Crippen LogP contribution in [-0.4, -0.2) is 9.78 Å². The molecule has 0 radical (unpaired) electrons. The number of hydrogen-bond acceptors (Lipinski definition) is 2. The van der Waals surface area contributed by atoms with Gasteiger partial charge in [0, 0.05) is 9.86 Å². The van der Waals surface area contributed by atoms with E-state index in [0.29, 0.717) is 5.82 Å². The predicted octanol–water partition coefficient (Wildman–Crippen LogP) is 3.37. The standard InChI is InChI=1S/C13H10BrN3/c14-9-5-7-10(8-6-9)17-12-4-2-1-3-11(12)13(15)16-17/h1-8H,(H2,15,16). The van der Waals surface area contributed by atoms with Crippen LogP contribution in [0.2, 0.25) is 0 Å². The predicted molar refractivity (Wildman–Crippen MR) is 73.2 cm³/mol. The average molecular weight is 288 g/mol. The molecule has 1 heterocycles. The van der Waals surface area contributed by atoms with Gasteiger partial charge in [0.2, 0.25) is 0 Å². The fourth-order valence-corrected chi connectivity index (χ4v) is 2.13. The van der Waals surface area contributed by atoms with Gasteiger partial charge in [-0.05, 0) is 36.4 Å². The molecule has 0 saturated heterocycles. The van der Waals surface area contributed by atoms with Crippen LogP contribution in [-0.2, 0) is 0 Å². The molecule has 3 nitrogen and oxygen atoms in total. The molecule has 4 heteroatoms. The normalized spacial score (nSPS) is 10.9. The fraction of sp³-hybridized carbons (Fsp3) is 0. The highest BCUT2D eigenvalue weighted by atomic mass is 79.9. The summed E-state index contributed by atoms with van der Waals surface area (Å²) in [6, 6.07) is 15.9. The second-order valence-corrected chi connectivity index (χ2v) is 4.71. The number of para-hydroxylation sites is 1. The SMILES string of the molecule is Nc1nn(-c2ccc(Br)cc2)c2ccccc12. The third-order valence-electron chi connectivity index (χ3n) is 2.69. The number of benzene rings is 2. The molecule has 1 aromatic heterocycles. The van der Waals surface area contributed by atoms with Crippen molar-refractivity contribution in [3.8, 4) is 5.69 Å². The van der Waals surface area contributed by atoms with Gasteiger partial charge in [0.1, 0.15) is 0 Å². The van der Waals surface area contributed by atoms with E-state index in [9.17, 15) is 0 Å². The van der Waals surface area contributed by atoms with Gasteiger partial charge < -0.3 is 5.73 Å². The smallest absolute Gasteiger partial charge is 0.153 e. The summed E-state index contributed by atoms with van der Waals surface area (Å²) in [5.74, 6) is 0.559. The van der Waals surface area contributed by atoms with Gasteiger partial charge in [-0.1, -0.05) is 28.1 Å². The van der Waals surface area contributed by atoms with Crippen molar-refractivity contribution >= 4 is 32.7 Å². The van der Waals surface area contributed by atoms with Gasteiger partial charge in [0.15, 0.2) is 5.82 Å². The van der Waals surface area contributed by atoms with Crippen molar-refractivity contribution in [3.63, 3.8) is 0 Å². The molecule has 0 aliphatic carbocycles. The summed E-state index contributed by atoms with van der Waals surface area (Å²) in [4.78, 5) is 0. The van der Waals surface area contributed by atoms with Crippen molar-refractivity contribution in [1.82, 2.24) is 9.78 Å². The van der Waals surface area contributed by atoms with Crippen LogP contribution in [0.3, 0.4) is 0 Å². The lowest BCUT2D eigenvalue weighted by atomic mass is 10.2. The minimum absolute atomic E-state index is 0.559. The molecule has 0 saturated carbocycles. The Kier molecular flexibility index (Phi) is 2.37. The number of nitrogens with zero attached hydrogens (tertiary/aromatic N) is 2. The Bertz CT molecular complexity index is 671. The summed E-state index contributed by atoms with van der Waals surface area (Å²) in [6.45, 7) is 0. The van der Waals surface area contributed by atoms with E-state index in [1.807, 2.05) is 53.2 Å². The summed E-state index contributed by atoms with van der Waals surface area (Å²) in [6.07, 6.45) is 0. The van der Waals surface area contributed by atoms with Crippen LogP contribution in [0.1, 0.15) is 0 Å². The maximum Gasteiger partial charge on any atom is 0.153 e. The summed E-state index contributed by atoms with van der Waals surface area (Å²) in [5.41, 5.74) is 7.92. The number of anilines is 1. The Morgan fingerprint density at radius 2 is 1.71 bits per heavy atom. The van der Waals surface area contributed by atoms with Crippen molar-refractivity contribution in [2.45, 2.75) is 0 Å². The van der Waals surface area contributed by atoms with Gasteiger partial charge in [-0.3, -0.25) is 0 Å². The quantitative estimate of drug-likeness (QED) is 0.746. The number of fused-ring (bicyclic) bond motifs is 1. The molecule has 0 amide bonds. The maximum atomic E-state index is 5.90. The molecule has 0 aliphatic rings. The van der Waals surface area contributed by atoms with Crippen LogP contribution >= 0.6 is 15.9 Å². The second-order valence-electron chi connectivity index (χ2n) is 3.79. The molecular formula is C13H10BrN3. The Labute approximate surface area is 107 Å². The number of aromatic nitrogens is 2. The third-order valence-corrected chi connectivity index (χ3v) is 3.22. The van der Waals surface area contributed by atoms with Crippen LogP contribution < -0.4 is 5.73 Å². The van der Waals surface area contributed by atoms with Gasteiger partial charge in [-0.15, -0.1) is 5.10 Å². The van der Waals surface area contributed by atoms with E-state index in [1.165, 1.54) is 0 Å². The zero-order valence-corrected chi connectivity index (χ0v) is 10.6. The minimum Gasteiger partial charge on any atom is -0.382 e. The van der Waals surface area contributed by atoms with E-state index >= 15 is 0 Å². The number of rotatable bonds is 1. The Hall–Kier alpha value is -1.81. The lowest BCUT2D eigenvalue weighted by Gasteiger charge is -2.02. The van der Waals surface area contributed by atoms with Crippen molar-refractivity contribution in [3.05, 3.63) is 53.0 Å². The first-order valence-electron chi connectivity index (χ1n) is 5.25. The van der Waals surface area contributed by atoms with Gasteiger partial charge in [0.05, 0.1) is 11.2 Å². The lowest BCUT2D eigenvalue weighted by Crippen LogP contribution is -1.96. The van der Waals surface area contributed by atoms with Crippen LogP contribution in [0.15, 0.2) is 53.0 Å². The maximum absolute atomic E-state index is 5.90. The van der Waals surface area contributed by atoms with Crippen molar-refractivity contribution in [2.24, 2.45) is 0 Å². The summed E-state index contributed by atoms with van der Waals surface area (Å²) in [5, 5.41) is 5.35. The van der Waals surface area contributed by atoms with Crippen LogP contribution in [0, 0.1) is 0 Å². The van der Waals surface area contributed by atoms with Gasteiger partial charge in [-0.2, -0.15) is 0 Å². The van der Waals surface area contributed by atoms with Crippen LogP contribution in [0.5, 0.6) is 0 Å². The van der Waals surface area contributed by atoms with E-state index in [2.05, 4.69) is 21.0 Å². The molecule has 2 aromatic carbocycles. The molecule has 0 atom stereocenters. The zero-order chi connectivity index (χ0) is 11.8. The minimum atomic E-state index is 0.559. The van der Waals surface area contributed by atoms with E-state index in [4.69, 9.17) is 5.73 Å². The van der Waals surface area contributed by atoms with Gasteiger partial charge in [-0.25, -0.2) is 4.68 Å². The highest BCUT2D eigenvalue weighted by Crippen LogP contribution is 2.24. The molecule has 2 N–H and O–H groups in total. The molecule has 84 valence electrons. The topological polar surface area (TPSA) is 43.8 Å². The van der Waals surface area contributed by atoms with E-state index in [-0.39, 0.29) is 0 Å². The molecule has 0 fully saturated rings. The molecule has 3 aromatic rings. The third kappa shape index (κ3) is 1.70. The largest absolute Gasteiger partial charge is 0.382 e. The molecule has 0 aliphatic heterocycles. The van der Waals surface area contributed by atoms with Crippen LogP contribution in [0.25, 0.3) is 16.6 Å². The molecule has 0 spiro atoms. The Balaban J connectivity index is 2.27. The lowest BCUT2D eigenvalue weighted by molar-refractivity contribution is 0.916. The number of nitrogen functional groups attached to an aromatic ring is 1. The fourth-order valence-electron chi connectivity index (χ4n) is 1.87. The Morgan fingerprint density at radius 1 is 1.00 bits per heavy atom. The molecule has 3 rings (SSSR count). The van der Waals surface area contributed by atoms with Crippen molar-refractivity contribution in [2.75, 3.05) is 5.73 Å². The summed E-state index contributed by atoms with van der Waals surface area (Å²) < 4.78 is 2.91. The zero-order valence-electron chi connectivity index (χ0n) is 8.97. The van der Waals surface area contributed by atoms with E-state index in [1.54, 1.807) is 0 Å². The highest BCUT2D eigenvalue weighted by molar-refractivity contribution is 9.10. The summed E-state index contributed by atoms with van der Waals surface area (Å²) >= 11 is 3.42. The molecule has 17 heavy (non-hydrogen) atoms. The first-order chi connectivity index (χ1) is 8.25. The average Bonchev–Trinajstić information content (AvgIpc) is 2.69. The van der Waals surface area contributed by atoms with Crippen molar-refractivity contribution < 1.29 is 0 Å². The number of halogens is 1. The highest BCUT2D eigenvalue weighted by Gasteiger charge is 2.08. The van der Waals surface area contributed by atoms with Gasteiger partial charge >= 0.3 is 0 Å². The number of nitrogens with two attached hydrogens (primary N) is 1. The Morgan fingerprint density at radius 3 is 2.47 bits per heavy atom. The number of hydrogen-bond donors (Lipinski definition) is 1. The molecule has 0 bridgehead atoms. The van der Waals surface area contributed by atoms with Gasteiger partial charge in [0.25, 0.3) is 0 Å². The summed E-state index contributed by atoms with van der Waals surface area (Å²) in [7, 11) is 0. The second kappa shape index (κ2) is 3.89. The van der Waals surface area contributed by atoms with Crippen LogP contribution in [0.4, 0.5) is 5.82 Å². The monoisotopic (exact) mass is 287 g/mol. The van der Waals surface area contributed by atoms with Crippen molar-refractivity contribution in [1.29, 1.82) is 0 Å². The van der Waals surface area contributed by atoms with E-state index in [0.717, 1.165) is 21.1 Å².